The molecule has 0 bridgehead atoms. The first-order chi connectivity index (χ1) is 12.4. The quantitative estimate of drug-likeness (QED) is 0.717. The Morgan fingerprint density at radius 1 is 0.704 bits per heavy atom. The summed E-state index contributed by atoms with van der Waals surface area (Å²) in [6.07, 6.45) is -13.9. The van der Waals surface area contributed by atoms with Crippen LogP contribution in [0.2, 0.25) is 0 Å². The second-order valence-electron chi connectivity index (χ2n) is 6.48. The standard InChI is InChI=1S/C19H19F6NO/c20-18(21,22)16(26,13-15-9-5-2-6-10-15)17(27,19(23,24)25)12-11-14-7-3-1-4-8-14/h1-10,27H,11-13,26H2. The van der Waals surface area contributed by atoms with E-state index >= 15 is 0 Å². The van der Waals surface area contributed by atoms with Gasteiger partial charge in [-0.25, -0.2) is 0 Å². The smallest absolute Gasteiger partial charge is 0.379 e. The summed E-state index contributed by atoms with van der Waals surface area (Å²) in [5, 5.41) is 10.4. The maximum atomic E-state index is 13.8. The normalized spacial score (nSPS) is 17.2. The van der Waals surface area contributed by atoms with Gasteiger partial charge in [0.15, 0.2) is 11.1 Å². The molecule has 0 aliphatic carbocycles. The Balaban J connectivity index is 2.47. The minimum atomic E-state index is -5.58. The first kappa shape index (κ1) is 21.2. The molecule has 2 aromatic rings. The molecule has 0 saturated carbocycles. The largest absolute Gasteiger partial charge is 0.419 e. The molecule has 0 heterocycles. The van der Waals surface area contributed by atoms with Gasteiger partial charge in [-0.05, 0) is 24.0 Å². The Hall–Kier alpha value is -2.06. The number of hydrogen-bond donors (Lipinski definition) is 2. The predicted molar refractivity (Wildman–Crippen MR) is 88.9 cm³/mol. The van der Waals surface area contributed by atoms with E-state index in [1.165, 1.54) is 42.5 Å². The molecule has 2 unspecified atom stereocenters. The second-order valence-corrected chi connectivity index (χ2v) is 6.48. The zero-order valence-corrected chi connectivity index (χ0v) is 14.2. The van der Waals surface area contributed by atoms with Gasteiger partial charge in [-0.1, -0.05) is 60.7 Å². The topological polar surface area (TPSA) is 46.2 Å². The first-order valence-corrected chi connectivity index (χ1v) is 8.13. The van der Waals surface area contributed by atoms with Crippen molar-refractivity contribution in [2.75, 3.05) is 0 Å². The molecule has 2 atom stereocenters. The number of alkyl halides is 6. The lowest BCUT2D eigenvalue weighted by molar-refractivity contribution is -0.334. The molecule has 0 aromatic heterocycles. The number of benzene rings is 2. The molecular formula is C19H19F6NO. The lowest BCUT2D eigenvalue weighted by Gasteiger charge is -2.46. The van der Waals surface area contributed by atoms with Gasteiger partial charge < -0.3 is 10.8 Å². The van der Waals surface area contributed by atoms with Crippen LogP contribution in [-0.4, -0.2) is 28.6 Å². The van der Waals surface area contributed by atoms with E-state index in [9.17, 15) is 31.4 Å². The van der Waals surface area contributed by atoms with Gasteiger partial charge in [0.2, 0.25) is 0 Å². The van der Waals surface area contributed by atoms with Gasteiger partial charge in [-0.15, -0.1) is 0 Å². The molecule has 0 aliphatic heterocycles. The number of aliphatic hydroxyl groups is 1. The van der Waals surface area contributed by atoms with E-state index in [-0.39, 0.29) is 5.56 Å². The van der Waals surface area contributed by atoms with Crippen molar-refractivity contribution in [1.29, 1.82) is 0 Å². The summed E-state index contributed by atoms with van der Waals surface area (Å²) in [6, 6.07) is 14.4. The van der Waals surface area contributed by atoms with Gasteiger partial charge in [0.25, 0.3) is 0 Å². The summed E-state index contributed by atoms with van der Waals surface area (Å²) in [6.45, 7) is 0. The Morgan fingerprint density at radius 2 is 1.15 bits per heavy atom. The highest BCUT2D eigenvalue weighted by Crippen LogP contribution is 2.49. The van der Waals surface area contributed by atoms with Crippen molar-refractivity contribution in [1.82, 2.24) is 0 Å². The Kier molecular flexibility index (Phi) is 5.91. The van der Waals surface area contributed by atoms with Crippen molar-refractivity contribution in [3.05, 3.63) is 71.8 Å². The molecule has 0 aliphatic rings. The molecule has 8 heteroatoms. The minimum Gasteiger partial charge on any atom is -0.379 e. The molecule has 0 saturated heterocycles. The third-order valence-corrected chi connectivity index (χ3v) is 4.66. The zero-order valence-electron chi connectivity index (χ0n) is 14.2. The van der Waals surface area contributed by atoms with E-state index in [0.29, 0.717) is 5.56 Å². The summed E-state index contributed by atoms with van der Waals surface area (Å²) in [4.78, 5) is 0. The monoisotopic (exact) mass is 391 g/mol. The molecule has 148 valence electrons. The number of rotatable bonds is 6. The Morgan fingerprint density at radius 3 is 1.56 bits per heavy atom. The fourth-order valence-corrected chi connectivity index (χ4v) is 2.99. The van der Waals surface area contributed by atoms with Crippen LogP contribution >= 0.6 is 0 Å². The van der Waals surface area contributed by atoms with Gasteiger partial charge in [-0.2, -0.15) is 26.3 Å². The lowest BCUT2D eigenvalue weighted by atomic mass is 9.72. The average Bonchev–Trinajstić information content (AvgIpc) is 2.59. The zero-order chi connectivity index (χ0) is 20.3. The highest BCUT2D eigenvalue weighted by Gasteiger charge is 2.73. The molecular weight excluding hydrogens is 372 g/mol. The number of halogens is 6. The van der Waals surface area contributed by atoms with Gasteiger partial charge in [0.05, 0.1) is 0 Å². The molecule has 0 radical (unpaired) electrons. The van der Waals surface area contributed by atoms with Crippen molar-refractivity contribution in [2.45, 2.75) is 42.8 Å². The molecule has 0 fully saturated rings. The SMILES string of the molecule is NC(Cc1ccccc1)(C(F)(F)F)C(O)(CCc1ccccc1)C(F)(F)F. The van der Waals surface area contributed by atoms with Crippen molar-refractivity contribution >= 4 is 0 Å². The molecule has 2 rings (SSSR count). The molecule has 0 spiro atoms. The summed E-state index contributed by atoms with van der Waals surface area (Å²) in [5.74, 6) is 0. The van der Waals surface area contributed by atoms with Crippen LogP contribution in [-0.2, 0) is 12.8 Å². The van der Waals surface area contributed by atoms with Crippen molar-refractivity contribution in [2.24, 2.45) is 5.73 Å². The summed E-state index contributed by atoms with van der Waals surface area (Å²) in [7, 11) is 0. The van der Waals surface area contributed by atoms with Crippen molar-refractivity contribution < 1.29 is 31.4 Å². The van der Waals surface area contributed by atoms with Gasteiger partial charge in [0.1, 0.15) is 0 Å². The van der Waals surface area contributed by atoms with Crippen LogP contribution in [0.3, 0.4) is 0 Å². The summed E-state index contributed by atoms with van der Waals surface area (Å²) < 4.78 is 82.4. The molecule has 0 amide bonds. The van der Waals surface area contributed by atoms with Crippen LogP contribution in [0.15, 0.2) is 60.7 Å². The van der Waals surface area contributed by atoms with Crippen LogP contribution in [0.4, 0.5) is 26.3 Å². The van der Waals surface area contributed by atoms with E-state index in [1.807, 2.05) is 0 Å². The maximum Gasteiger partial charge on any atom is 0.419 e. The minimum absolute atomic E-state index is 0.0558. The first-order valence-electron chi connectivity index (χ1n) is 8.13. The summed E-state index contributed by atoms with van der Waals surface area (Å²) in [5.41, 5.74) is -2.42. The van der Waals surface area contributed by atoms with Crippen LogP contribution < -0.4 is 5.73 Å². The molecule has 2 nitrogen and oxygen atoms in total. The van der Waals surface area contributed by atoms with E-state index in [1.54, 1.807) is 18.2 Å². The van der Waals surface area contributed by atoms with Gasteiger partial charge in [0, 0.05) is 6.42 Å². The highest BCUT2D eigenvalue weighted by atomic mass is 19.4. The lowest BCUT2D eigenvalue weighted by Crippen LogP contribution is -2.75. The second kappa shape index (κ2) is 7.52. The van der Waals surface area contributed by atoms with E-state index < -0.39 is 42.8 Å². The number of aryl methyl sites for hydroxylation is 1. The Labute approximate surface area is 152 Å². The Bertz CT molecular complexity index is 731. The molecule has 2 aromatic carbocycles. The summed E-state index contributed by atoms with van der Waals surface area (Å²) >= 11 is 0. The number of nitrogens with two attached hydrogens (primary N) is 1. The molecule has 27 heavy (non-hydrogen) atoms. The van der Waals surface area contributed by atoms with E-state index in [2.05, 4.69) is 0 Å². The number of hydrogen-bond acceptors (Lipinski definition) is 2. The molecule has 3 N–H and O–H groups in total. The van der Waals surface area contributed by atoms with Gasteiger partial charge in [-0.3, -0.25) is 0 Å². The van der Waals surface area contributed by atoms with Gasteiger partial charge >= 0.3 is 12.4 Å². The maximum absolute atomic E-state index is 13.8. The van der Waals surface area contributed by atoms with Crippen LogP contribution in [0.25, 0.3) is 0 Å². The van der Waals surface area contributed by atoms with E-state index in [4.69, 9.17) is 5.73 Å². The van der Waals surface area contributed by atoms with E-state index in [0.717, 1.165) is 0 Å². The third-order valence-electron chi connectivity index (χ3n) is 4.66. The fourth-order valence-electron chi connectivity index (χ4n) is 2.99. The highest BCUT2D eigenvalue weighted by molar-refractivity contribution is 5.24. The third kappa shape index (κ3) is 4.27. The van der Waals surface area contributed by atoms with Crippen molar-refractivity contribution in [3.8, 4) is 0 Å². The average molecular weight is 391 g/mol. The fraction of sp³-hybridized carbons (Fsp3) is 0.368. The predicted octanol–water partition coefficient (Wildman–Crippen LogP) is 4.42. The van der Waals surface area contributed by atoms with Crippen LogP contribution in [0, 0.1) is 0 Å². The van der Waals surface area contributed by atoms with Crippen LogP contribution in [0.5, 0.6) is 0 Å². The van der Waals surface area contributed by atoms with Crippen molar-refractivity contribution in [3.63, 3.8) is 0 Å². The van der Waals surface area contributed by atoms with Crippen LogP contribution in [0.1, 0.15) is 17.5 Å².